The van der Waals surface area contributed by atoms with Crippen molar-refractivity contribution in [3.05, 3.63) is 29.0 Å². The Balaban J connectivity index is 1.81. The second kappa shape index (κ2) is 5.32. The van der Waals surface area contributed by atoms with Crippen LogP contribution in [-0.4, -0.2) is 16.0 Å². The van der Waals surface area contributed by atoms with Gasteiger partial charge in [-0.2, -0.15) is 0 Å². The van der Waals surface area contributed by atoms with Gasteiger partial charge in [-0.25, -0.2) is 0 Å². The number of fused-ring (bicyclic) bond motifs is 1. The van der Waals surface area contributed by atoms with Crippen LogP contribution in [0.1, 0.15) is 39.5 Å². The van der Waals surface area contributed by atoms with Crippen LogP contribution in [0, 0.1) is 5.41 Å². The third kappa shape index (κ3) is 2.95. The van der Waals surface area contributed by atoms with E-state index in [2.05, 4.69) is 45.1 Å². The Hall–Kier alpha value is -1.16. The molecule has 2 heterocycles. The van der Waals surface area contributed by atoms with Crippen LogP contribution in [0.5, 0.6) is 0 Å². The molecule has 0 unspecified atom stereocenters. The summed E-state index contributed by atoms with van der Waals surface area (Å²) in [7, 11) is 0. The summed E-state index contributed by atoms with van der Waals surface area (Å²) in [6.45, 7) is 4.73. The second-order valence-electron chi connectivity index (χ2n) is 6.46. The molecule has 0 aromatic carbocycles. The highest BCUT2D eigenvalue weighted by Gasteiger charge is 2.26. The van der Waals surface area contributed by atoms with E-state index in [9.17, 15) is 0 Å². The minimum atomic E-state index is 0.502. The molecule has 0 atom stereocenters. The Kier molecular flexibility index (Phi) is 3.67. The Bertz CT molecular complexity index is 614. The van der Waals surface area contributed by atoms with E-state index in [1.807, 2.05) is 24.5 Å². The summed E-state index contributed by atoms with van der Waals surface area (Å²) >= 11 is 3.45. The van der Waals surface area contributed by atoms with Crippen LogP contribution in [0.4, 0.5) is 5.69 Å². The van der Waals surface area contributed by atoms with E-state index in [0.29, 0.717) is 11.5 Å². The summed E-state index contributed by atoms with van der Waals surface area (Å²) in [6.07, 6.45) is 8.71. The van der Waals surface area contributed by atoms with Gasteiger partial charge in [0.1, 0.15) is 5.52 Å². The van der Waals surface area contributed by atoms with Gasteiger partial charge in [-0.3, -0.25) is 9.97 Å². The van der Waals surface area contributed by atoms with Crippen molar-refractivity contribution in [1.82, 2.24) is 9.97 Å². The van der Waals surface area contributed by atoms with Crippen molar-refractivity contribution in [1.29, 1.82) is 0 Å². The van der Waals surface area contributed by atoms with Gasteiger partial charge >= 0.3 is 0 Å². The molecule has 0 radical (unpaired) electrons. The topological polar surface area (TPSA) is 37.8 Å². The minimum absolute atomic E-state index is 0.502. The van der Waals surface area contributed by atoms with Crippen LogP contribution in [-0.2, 0) is 0 Å². The van der Waals surface area contributed by atoms with Crippen LogP contribution in [0.3, 0.4) is 0 Å². The fraction of sp³-hybridized carbons (Fsp3) is 0.500. The highest BCUT2D eigenvalue weighted by molar-refractivity contribution is 9.10. The van der Waals surface area contributed by atoms with Crippen LogP contribution >= 0.6 is 15.9 Å². The van der Waals surface area contributed by atoms with E-state index in [4.69, 9.17) is 0 Å². The molecule has 106 valence electrons. The Morgan fingerprint density at radius 2 is 2.00 bits per heavy atom. The molecule has 2 aromatic heterocycles. The number of nitrogens with one attached hydrogen (secondary N) is 1. The maximum absolute atomic E-state index is 4.50. The lowest BCUT2D eigenvalue weighted by atomic mass is 9.75. The molecule has 0 aliphatic heterocycles. The maximum Gasteiger partial charge on any atom is 0.112 e. The summed E-state index contributed by atoms with van der Waals surface area (Å²) < 4.78 is 0.967. The fourth-order valence-electron chi connectivity index (χ4n) is 2.89. The van der Waals surface area contributed by atoms with Crippen molar-refractivity contribution >= 4 is 32.7 Å². The first-order chi connectivity index (χ1) is 9.53. The fourth-order valence-corrected chi connectivity index (χ4v) is 3.20. The molecule has 0 bridgehead atoms. The van der Waals surface area contributed by atoms with Gasteiger partial charge in [-0.05, 0) is 59.2 Å². The zero-order valence-corrected chi connectivity index (χ0v) is 13.6. The third-order valence-corrected chi connectivity index (χ3v) is 4.68. The summed E-state index contributed by atoms with van der Waals surface area (Å²) in [6, 6.07) is 4.60. The molecule has 1 fully saturated rings. The van der Waals surface area contributed by atoms with E-state index in [1.54, 1.807) is 0 Å². The SMILES string of the molecule is CC1(C)CCC(Nc2ccnc3cc(Br)cnc23)CC1. The smallest absolute Gasteiger partial charge is 0.112 e. The van der Waals surface area contributed by atoms with Crippen LogP contribution < -0.4 is 5.32 Å². The number of hydrogen-bond donors (Lipinski definition) is 1. The number of hydrogen-bond acceptors (Lipinski definition) is 3. The van der Waals surface area contributed by atoms with Crippen LogP contribution in [0.2, 0.25) is 0 Å². The van der Waals surface area contributed by atoms with Crippen molar-refractivity contribution in [2.75, 3.05) is 5.32 Å². The molecule has 3 rings (SSSR count). The van der Waals surface area contributed by atoms with E-state index in [0.717, 1.165) is 21.2 Å². The van der Waals surface area contributed by atoms with Gasteiger partial charge in [0.05, 0.1) is 11.2 Å². The van der Waals surface area contributed by atoms with Gasteiger partial charge in [0.15, 0.2) is 0 Å². The van der Waals surface area contributed by atoms with Gasteiger partial charge in [0.25, 0.3) is 0 Å². The molecule has 4 heteroatoms. The lowest BCUT2D eigenvalue weighted by Gasteiger charge is -2.35. The number of pyridine rings is 2. The van der Waals surface area contributed by atoms with Crippen molar-refractivity contribution in [2.45, 2.75) is 45.6 Å². The minimum Gasteiger partial charge on any atom is -0.380 e. The third-order valence-electron chi connectivity index (χ3n) is 4.24. The molecule has 0 saturated heterocycles. The zero-order chi connectivity index (χ0) is 14.2. The molecule has 0 amide bonds. The summed E-state index contributed by atoms with van der Waals surface area (Å²) in [4.78, 5) is 8.89. The largest absolute Gasteiger partial charge is 0.380 e. The van der Waals surface area contributed by atoms with Crippen LogP contribution in [0.25, 0.3) is 11.0 Å². The molecular weight excluding hydrogens is 314 g/mol. The Morgan fingerprint density at radius 1 is 1.25 bits per heavy atom. The number of nitrogens with zero attached hydrogens (tertiary/aromatic N) is 2. The second-order valence-corrected chi connectivity index (χ2v) is 7.38. The summed E-state index contributed by atoms with van der Waals surface area (Å²) in [5, 5.41) is 3.66. The number of aromatic nitrogens is 2. The number of halogens is 1. The lowest BCUT2D eigenvalue weighted by Crippen LogP contribution is -2.29. The zero-order valence-electron chi connectivity index (χ0n) is 12.0. The van der Waals surface area contributed by atoms with Gasteiger partial charge in [0, 0.05) is 22.9 Å². The molecular formula is C16H20BrN3. The Labute approximate surface area is 128 Å². The van der Waals surface area contributed by atoms with Gasteiger partial charge in [0.2, 0.25) is 0 Å². The predicted molar refractivity (Wildman–Crippen MR) is 86.9 cm³/mol. The molecule has 1 saturated carbocycles. The van der Waals surface area contributed by atoms with E-state index < -0.39 is 0 Å². The lowest BCUT2D eigenvalue weighted by molar-refractivity contribution is 0.232. The average Bonchev–Trinajstić information content (AvgIpc) is 2.41. The quantitative estimate of drug-likeness (QED) is 0.859. The van der Waals surface area contributed by atoms with Crippen molar-refractivity contribution in [3.8, 4) is 0 Å². The van der Waals surface area contributed by atoms with Crippen molar-refractivity contribution < 1.29 is 0 Å². The summed E-state index contributed by atoms with van der Waals surface area (Å²) in [5.74, 6) is 0. The number of anilines is 1. The van der Waals surface area contributed by atoms with E-state index >= 15 is 0 Å². The van der Waals surface area contributed by atoms with Crippen LogP contribution in [0.15, 0.2) is 29.0 Å². The number of rotatable bonds is 2. The molecule has 1 aliphatic rings. The Morgan fingerprint density at radius 3 is 2.75 bits per heavy atom. The van der Waals surface area contributed by atoms with Gasteiger partial charge in [-0.15, -0.1) is 0 Å². The van der Waals surface area contributed by atoms with Gasteiger partial charge < -0.3 is 5.32 Å². The predicted octanol–water partition coefficient (Wildman–Crippen LogP) is 4.77. The highest BCUT2D eigenvalue weighted by Crippen LogP contribution is 2.36. The monoisotopic (exact) mass is 333 g/mol. The molecule has 1 aliphatic carbocycles. The first-order valence-electron chi connectivity index (χ1n) is 7.20. The highest BCUT2D eigenvalue weighted by atomic mass is 79.9. The first kappa shape index (κ1) is 13.8. The molecule has 2 aromatic rings. The molecule has 1 N–H and O–H groups in total. The summed E-state index contributed by atoms with van der Waals surface area (Å²) in [5.41, 5.74) is 3.50. The molecule has 0 spiro atoms. The van der Waals surface area contributed by atoms with E-state index in [1.165, 1.54) is 25.7 Å². The van der Waals surface area contributed by atoms with Crippen molar-refractivity contribution in [2.24, 2.45) is 5.41 Å². The first-order valence-corrected chi connectivity index (χ1v) is 8.00. The normalized spacial score (nSPS) is 19.1. The van der Waals surface area contributed by atoms with Crippen molar-refractivity contribution in [3.63, 3.8) is 0 Å². The standard InChI is InChI=1S/C16H20BrN3/c1-16(2)6-3-12(4-7-16)20-13-5-8-18-14-9-11(17)10-19-15(13)14/h5,8-10,12H,3-4,6-7H2,1-2H3,(H,18,20). The average molecular weight is 334 g/mol. The molecule has 20 heavy (non-hydrogen) atoms. The van der Waals surface area contributed by atoms with E-state index in [-0.39, 0.29) is 0 Å². The van der Waals surface area contributed by atoms with Gasteiger partial charge in [-0.1, -0.05) is 13.8 Å². The maximum atomic E-state index is 4.50. The molecule has 3 nitrogen and oxygen atoms in total.